The molecule has 5 nitrogen and oxygen atoms in total. The number of anilines is 1. The number of carbonyl (C=O) groups excluding carboxylic acids is 1. The lowest BCUT2D eigenvalue weighted by Gasteiger charge is -2.15. The molecular weight excluding hydrogens is 265 g/mol. The van der Waals surface area contributed by atoms with Crippen LogP contribution in [0.3, 0.4) is 0 Å². The van der Waals surface area contributed by atoms with Crippen molar-refractivity contribution in [2.75, 3.05) is 11.9 Å². The van der Waals surface area contributed by atoms with Crippen molar-refractivity contribution in [3.05, 3.63) is 29.6 Å². The summed E-state index contributed by atoms with van der Waals surface area (Å²) in [6.45, 7) is 0.741. The molecule has 0 fully saturated rings. The Labute approximate surface area is 106 Å². The van der Waals surface area contributed by atoms with Gasteiger partial charge in [0.15, 0.2) is 17.5 Å². The minimum atomic E-state index is -1.66. The van der Waals surface area contributed by atoms with Crippen molar-refractivity contribution in [1.29, 1.82) is 0 Å². The highest BCUT2D eigenvalue weighted by Crippen LogP contribution is 2.19. The summed E-state index contributed by atoms with van der Waals surface area (Å²) in [5.41, 5.74) is -0.393. The van der Waals surface area contributed by atoms with Gasteiger partial charge in [0.25, 0.3) is 0 Å². The molecule has 0 aromatic heterocycles. The van der Waals surface area contributed by atoms with Gasteiger partial charge in [0.05, 0.1) is 5.69 Å². The number of halogens is 3. The Hall–Kier alpha value is -2.25. The number of carboxylic acid groups (broad SMARTS) is 1. The quantitative estimate of drug-likeness (QED) is 0.704. The predicted molar refractivity (Wildman–Crippen MR) is 60.0 cm³/mol. The molecule has 0 radical (unpaired) electrons. The molecule has 0 spiro atoms. The van der Waals surface area contributed by atoms with Gasteiger partial charge in [-0.2, -0.15) is 0 Å². The van der Waals surface area contributed by atoms with Crippen molar-refractivity contribution < 1.29 is 27.9 Å². The molecule has 0 bridgehead atoms. The Kier molecular flexibility index (Phi) is 4.74. The maximum atomic E-state index is 13.3. The number of nitrogens with one attached hydrogen (secondary N) is 2. The Bertz CT molecular complexity index is 508. The molecular formula is C11H11F3N2O3. The van der Waals surface area contributed by atoms with Gasteiger partial charge < -0.3 is 15.7 Å². The highest BCUT2D eigenvalue weighted by atomic mass is 19.2. The van der Waals surface area contributed by atoms with Gasteiger partial charge in [0.1, 0.15) is 6.04 Å². The lowest BCUT2D eigenvalue weighted by atomic mass is 10.2. The Morgan fingerprint density at radius 1 is 1.26 bits per heavy atom. The van der Waals surface area contributed by atoms with E-state index in [1.54, 1.807) is 0 Å². The van der Waals surface area contributed by atoms with Crippen LogP contribution in [0.4, 0.5) is 18.9 Å². The zero-order chi connectivity index (χ0) is 14.6. The Morgan fingerprint density at radius 2 is 1.89 bits per heavy atom. The zero-order valence-electron chi connectivity index (χ0n) is 9.84. The van der Waals surface area contributed by atoms with Crippen LogP contribution < -0.4 is 10.6 Å². The van der Waals surface area contributed by atoms with E-state index in [9.17, 15) is 22.8 Å². The number of amides is 1. The summed E-state index contributed by atoms with van der Waals surface area (Å²) in [6.07, 6.45) is 0. The first-order chi connectivity index (χ1) is 8.82. The van der Waals surface area contributed by atoms with Crippen LogP contribution in [0.1, 0.15) is 6.92 Å². The standard InChI is InChI=1S/C11H11F3N2O3/c1-5(17)16-8(11(18)19)4-15-7-3-2-6(12)9(13)10(7)14/h2-3,8,15H,4H2,1H3,(H,16,17)(H,18,19). The maximum Gasteiger partial charge on any atom is 0.328 e. The molecule has 0 aliphatic heterocycles. The molecule has 0 aliphatic carbocycles. The van der Waals surface area contributed by atoms with Gasteiger partial charge in [-0.25, -0.2) is 18.0 Å². The molecule has 1 aromatic rings. The van der Waals surface area contributed by atoms with Crippen LogP contribution in [-0.2, 0) is 9.59 Å². The van der Waals surface area contributed by atoms with Gasteiger partial charge in [-0.1, -0.05) is 0 Å². The van der Waals surface area contributed by atoms with Crippen LogP contribution in [0.15, 0.2) is 12.1 Å². The third-order valence-electron chi connectivity index (χ3n) is 2.21. The second kappa shape index (κ2) is 6.07. The second-order valence-electron chi connectivity index (χ2n) is 3.70. The summed E-state index contributed by atoms with van der Waals surface area (Å²) in [7, 11) is 0. The fourth-order valence-corrected chi connectivity index (χ4v) is 1.32. The Morgan fingerprint density at radius 3 is 2.42 bits per heavy atom. The van der Waals surface area contributed by atoms with Crippen molar-refractivity contribution in [3.8, 4) is 0 Å². The van der Waals surface area contributed by atoms with E-state index in [2.05, 4.69) is 10.6 Å². The van der Waals surface area contributed by atoms with E-state index in [4.69, 9.17) is 5.11 Å². The maximum absolute atomic E-state index is 13.3. The van der Waals surface area contributed by atoms with E-state index >= 15 is 0 Å². The van der Waals surface area contributed by atoms with Crippen LogP contribution in [0.5, 0.6) is 0 Å². The normalized spacial score (nSPS) is 11.8. The number of aliphatic carboxylic acids is 1. The number of hydrogen-bond acceptors (Lipinski definition) is 3. The van der Waals surface area contributed by atoms with E-state index in [0.717, 1.165) is 13.0 Å². The molecule has 8 heteroatoms. The SMILES string of the molecule is CC(=O)NC(CNc1ccc(F)c(F)c1F)C(=O)O. The molecule has 1 unspecified atom stereocenters. The highest BCUT2D eigenvalue weighted by Gasteiger charge is 2.20. The van der Waals surface area contributed by atoms with Crippen LogP contribution in [0.2, 0.25) is 0 Å². The average molecular weight is 276 g/mol. The summed E-state index contributed by atoms with van der Waals surface area (Å²) in [6, 6.07) is 0.319. The molecule has 0 aliphatic rings. The van der Waals surface area contributed by atoms with E-state index in [-0.39, 0.29) is 6.54 Å². The number of benzene rings is 1. The van der Waals surface area contributed by atoms with Crippen LogP contribution >= 0.6 is 0 Å². The molecule has 19 heavy (non-hydrogen) atoms. The number of carbonyl (C=O) groups is 2. The molecule has 0 saturated carbocycles. The highest BCUT2D eigenvalue weighted by molar-refractivity contribution is 5.82. The largest absolute Gasteiger partial charge is 0.480 e. The number of hydrogen-bond donors (Lipinski definition) is 3. The molecule has 1 aromatic carbocycles. The summed E-state index contributed by atoms with van der Waals surface area (Å²) < 4.78 is 38.8. The summed E-state index contributed by atoms with van der Waals surface area (Å²) in [5, 5.41) is 13.2. The van der Waals surface area contributed by atoms with Crippen molar-refractivity contribution in [1.82, 2.24) is 5.32 Å². The van der Waals surface area contributed by atoms with Gasteiger partial charge in [-0.05, 0) is 12.1 Å². The third-order valence-corrected chi connectivity index (χ3v) is 2.21. The average Bonchev–Trinajstić information content (AvgIpc) is 2.33. The van der Waals surface area contributed by atoms with Gasteiger partial charge in [-0.3, -0.25) is 4.79 Å². The molecule has 1 atom stereocenters. The first-order valence-electron chi connectivity index (χ1n) is 5.20. The van der Waals surface area contributed by atoms with Crippen molar-refractivity contribution in [3.63, 3.8) is 0 Å². The molecule has 104 valence electrons. The van der Waals surface area contributed by atoms with Crippen LogP contribution in [0, 0.1) is 17.5 Å². The molecule has 3 N–H and O–H groups in total. The molecule has 1 amide bonds. The smallest absolute Gasteiger partial charge is 0.328 e. The fraction of sp³-hybridized carbons (Fsp3) is 0.273. The summed E-state index contributed by atoms with van der Waals surface area (Å²) in [5.74, 6) is -6.38. The topological polar surface area (TPSA) is 78.4 Å². The van der Waals surface area contributed by atoms with Crippen molar-refractivity contribution >= 4 is 17.6 Å². The summed E-state index contributed by atoms with van der Waals surface area (Å²) >= 11 is 0. The fourth-order valence-electron chi connectivity index (χ4n) is 1.32. The minimum Gasteiger partial charge on any atom is -0.480 e. The monoisotopic (exact) mass is 276 g/mol. The van der Waals surface area contributed by atoms with Crippen LogP contribution in [-0.4, -0.2) is 29.6 Å². The Balaban J connectivity index is 2.77. The van der Waals surface area contributed by atoms with Gasteiger partial charge in [0, 0.05) is 13.5 Å². The second-order valence-corrected chi connectivity index (χ2v) is 3.70. The van der Waals surface area contributed by atoms with E-state index in [1.807, 2.05) is 0 Å². The van der Waals surface area contributed by atoms with E-state index < -0.39 is 41.1 Å². The van der Waals surface area contributed by atoms with E-state index in [1.165, 1.54) is 0 Å². The lowest BCUT2D eigenvalue weighted by molar-refractivity contribution is -0.141. The summed E-state index contributed by atoms with van der Waals surface area (Å²) in [4.78, 5) is 21.5. The lowest BCUT2D eigenvalue weighted by Crippen LogP contribution is -2.44. The third kappa shape index (κ3) is 3.87. The van der Waals surface area contributed by atoms with Crippen molar-refractivity contribution in [2.45, 2.75) is 13.0 Å². The van der Waals surface area contributed by atoms with Gasteiger partial charge >= 0.3 is 5.97 Å². The van der Waals surface area contributed by atoms with E-state index in [0.29, 0.717) is 6.07 Å². The first kappa shape index (κ1) is 14.8. The van der Waals surface area contributed by atoms with Gasteiger partial charge in [0.2, 0.25) is 5.91 Å². The number of carboxylic acids is 1. The minimum absolute atomic E-state index is 0.378. The molecule has 0 saturated heterocycles. The van der Waals surface area contributed by atoms with Crippen LogP contribution in [0.25, 0.3) is 0 Å². The zero-order valence-corrected chi connectivity index (χ0v) is 9.84. The predicted octanol–water partition coefficient (Wildman–Crippen LogP) is 1.11. The van der Waals surface area contributed by atoms with Gasteiger partial charge in [-0.15, -0.1) is 0 Å². The number of rotatable bonds is 5. The molecule has 1 rings (SSSR count). The molecule has 0 heterocycles. The van der Waals surface area contributed by atoms with Crippen molar-refractivity contribution in [2.24, 2.45) is 0 Å². The first-order valence-corrected chi connectivity index (χ1v) is 5.20.